The topological polar surface area (TPSA) is 89.8 Å². The van der Waals surface area contributed by atoms with Gasteiger partial charge in [-0.3, -0.25) is 4.79 Å². The first-order valence-electron chi connectivity index (χ1n) is 29.0. The predicted molar refractivity (Wildman–Crippen MR) is 278 cm³/mol. The van der Waals surface area contributed by atoms with E-state index in [1.54, 1.807) is 6.08 Å². The number of hydrogen-bond acceptors (Lipinski definition) is 4. The van der Waals surface area contributed by atoms with E-state index in [0.717, 1.165) is 25.7 Å². The molecular formula is C58H115NO4. The van der Waals surface area contributed by atoms with Crippen molar-refractivity contribution in [1.29, 1.82) is 0 Å². The molecule has 0 fully saturated rings. The van der Waals surface area contributed by atoms with Gasteiger partial charge in [0, 0.05) is 0 Å². The Bertz CT molecular complexity index is 894. The largest absolute Gasteiger partial charge is 0.394 e. The first-order valence-corrected chi connectivity index (χ1v) is 29.0. The Labute approximate surface area is 395 Å². The zero-order chi connectivity index (χ0) is 45.8. The van der Waals surface area contributed by atoms with Crippen LogP contribution in [0.3, 0.4) is 0 Å². The van der Waals surface area contributed by atoms with Gasteiger partial charge in [0.05, 0.1) is 31.3 Å². The number of rotatable bonds is 54. The summed E-state index contributed by atoms with van der Waals surface area (Å²) in [5, 5.41) is 33.4. The Morgan fingerprint density at radius 3 is 0.921 bits per heavy atom. The number of aliphatic hydroxyl groups excluding tert-OH is 3. The molecule has 0 aliphatic heterocycles. The van der Waals surface area contributed by atoms with E-state index in [9.17, 15) is 20.1 Å². The van der Waals surface area contributed by atoms with Gasteiger partial charge in [-0.05, 0) is 19.3 Å². The number of hydrogen-bond donors (Lipinski definition) is 4. The number of amides is 1. The van der Waals surface area contributed by atoms with Crippen LogP contribution in [0, 0.1) is 0 Å². The average molecular weight is 891 g/mol. The van der Waals surface area contributed by atoms with Gasteiger partial charge in [0.25, 0.3) is 0 Å². The van der Waals surface area contributed by atoms with E-state index in [0.29, 0.717) is 6.42 Å². The lowest BCUT2D eigenvalue weighted by atomic mass is 10.0. The Kier molecular flexibility index (Phi) is 52.9. The summed E-state index contributed by atoms with van der Waals surface area (Å²) < 4.78 is 0. The van der Waals surface area contributed by atoms with Gasteiger partial charge in [-0.1, -0.05) is 315 Å². The van der Waals surface area contributed by atoms with Crippen molar-refractivity contribution in [1.82, 2.24) is 5.32 Å². The second-order valence-electron chi connectivity index (χ2n) is 20.3. The molecule has 5 nitrogen and oxygen atoms in total. The molecule has 4 N–H and O–H groups in total. The fourth-order valence-electron chi connectivity index (χ4n) is 9.40. The standard InChI is InChI=1S/C58H115NO4/c1-3-5-7-9-11-13-15-17-19-21-22-23-24-25-26-27-28-29-30-31-32-33-34-36-37-39-41-43-45-47-49-51-55(61)53-58(63)59-56(54-60)57(62)52-50-48-46-44-42-40-38-35-20-18-16-14-12-10-8-6-4-2/h50,52,55-57,60-62H,3-49,51,53-54H2,1-2H3,(H,59,63)/b52-50+. The maximum absolute atomic E-state index is 12.5. The molecule has 3 atom stereocenters. The van der Waals surface area contributed by atoms with Crippen LogP contribution in [0.15, 0.2) is 12.2 Å². The van der Waals surface area contributed by atoms with Crippen molar-refractivity contribution in [3.8, 4) is 0 Å². The molecule has 0 spiro atoms. The average Bonchev–Trinajstić information content (AvgIpc) is 3.28. The summed E-state index contributed by atoms with van der Waals surface area (Å²) in [5.41, 5.74) is 0. The number of aliphatic hydroxyl groups is 3. The summed E-state index contributed by atoms with van der Waals surface area (Å²) in [4.78, 5) is 12.5. The van der Waals surface area contributed by atoms with Crippen molar-refractivity contribution in [3.05, 3.63) is 12.2 Å². The minimum atomic E-state index is -0.925. The third kappa shape index (κ3) is 50.3. The van der Waals surface area contributed by atoms with Crippen LogP contribution in [0.5, 0.6) is 0 Å². The normalized spacial score (nSPS) is 13.3. The summed E-state index contributed by atoms with van der Waals surface area (Å²) in [7, 11) is 0. The van der Waals surface area contributed by atoms with E-state index >= 15 is 0 Å². The summed E-state index contributed by atoms with van der Waals surface area (Å²) >= 11 is 0. The Morgan fingerprint density at radius 2 is 0.651 bits per heavy atom. The third-order valence-electron chi connectivity index (χ3n) is 13.8. The van der Waals surface area contributed by atoms with Crippen LogP contribution < -0.4 is 5.32 Å². The first kappa shape index (κ1) is 62.1. The molecule has 0 bridgehead atoms. The molecular weight excluding hydrogens is 775 g/mol. The van der Waals surface area contributed by atoms with Crippen LogP contribution in [0.1, 0.15) is 328 Å². The number of allylic oxidation sites excluding steroid dienone is 1. The number of carbonyl (C=O) groups is 1. The van der Waals surface area contributed by atoms with Gasteiger partial charge in [0.1, 0.15) is 0 Å². The van der Waals surface area contributed by atoms with Gasteiger partial charge >= 0.3 is 0 Å². The summed E-state index contributed by atoms with van der Waals surface area (Å²) in [6, 6.07) is -0.741. The molecule has 5 heteroatoms. The smallest absolute Gasteiger partial charge is 0.222 e. The molecule has 3 unspecified atom stereocenters. The molecule has 1 amide bonds. The maximum atomic E-state index is 12.5. The van der Waals surface area contributed by atoms with Gasteiger partial charge in [-0.15, -0.1) is 0 Å². The molecule has 0 aromatic carbocycles. The highest BCUT2D eigenvalue weighted by molar-refractivity contribution is 5.76. The Balaban J connectivity index is 3.48. The fraction of sp³-hybridized carbons (Fsp3) is 0.948. The van der Waals surface area contributed by atoms with Gasteiger partial charge in [0.2, 0.25) is 5.91 Å². The molecule has 0 saturated heterocycles. The molecule has 0 aliphatic carbocycles. The third-order valence-corrected chi connectivity index (χ3v) is 13.8. The molecule has 63 heavy (non-hydrogen) atoms. The molecule has 0 aliphatic rings. The summed E-state index contributed by atoms with van der Waals surface area (Å²) in [6.07, 6.45) is 67.0. The molecule has 0 rings (SSSR count). The predicted octanol–water partition coefficient (Wildman–Crippen LogP) is 17.9. The quantitative estimate of drug-likeness (QED) is 0.0362. The number of unbranched alkanes of at least 4 members (excludes halogenated alkanes) is 45. The highest BCUT2D eigenvalue weighted by Crippen LogP contribution is 2.18. The second kappa shape index (κ2) is 53.7. The van der Waals surface area contributed by atoms with Crippen LogP contribution in [-0.2, 0) is 4.79 Å². The first-order chi connectivity index (χ1) is 31.0. The van der Waals surface area contributed by atoms with E-state index in [1.807, 2.05) is 6.08 Å². The van der Waals surface area contributed by atoms with Crippen molar-refractivity contribution >= 4 is 5.91 Å². The van der Waals surface area contributed by atoms with E-state index in [4.69, 9.17) is 0 Å². The molecule has 376 valence electrons. The van der Waals surface area contributed by atoms with Crippen LogP contribution in [0.25, 0.3) is 0 Å². The highest BCUT2D eigenvalue weighted by atomic mass is 16.3. The van der Waals surface area contributed by atoms with Crippen molar-refractivity contribution < 1.29 is 20.1 Å². The lowest BCUT2D eigenvalue weighted by Crippen LogP contribution is -2.45. The van der Waals surface area contributed by atoms with Gasteiger partial charge < -0.3 is 20.6 Å². The monoisotopic (exact) mass is 890 g/mol. The van der Waals surface area contributed by atoms with E-state index in [2.05, 4.69) is 19.2 Å². The number of carbonyl (C=O) groups excluding carboxylic acids is 1. The molecule has 0 aromatic rings. The zero-order valence-corrected chi connectivity index (χ0v) is 43.0. The lowest BCUT2D eigenvalue weighted by molar-refractivity contribution is -0.124. The SMILES string of the molecule is CCCCCCCCCCCCCCCCC/C=C/C(O)C(CO)NC(=O)CC(O)CCCCCCCCCCCCCCCCCCCCCCCCCCCCCCCCC. The van der Waals surface area contributed by atoms with Crippen LogP contribution in [-0.4, -0.2) is 46.1 Å². The fourth-order valence-corrected chi connectivity index (χ4v) is 9.40. The second-order valence-corrected chi connectivity index (χ2v) is 20.3. The summed E-state index contributed by atoms with van der Waals surface area (Å²) in [5.74, 6) is -0.308. The Morgan fingerprint density at radius 1 is 0.397 bits per heavy atom. The Hall–Kier alpha value is -0.910. The number of nitrogens with one attached hydrogen (secondary N) is 1. The van der Waals surface area contributed by atoms with Crippen molar-refractivity contribution in [2.45, 2.75) is 347 Å². The van der Waals surface area contributed by atoms with E-state index in [-0.39, 0.29) is 18.9 Å². The summed E-state index contributed by atoms with van der Waals surface area (Å²) in [6.45, 7) is 4.25. The van der Waals surface area contributed by atoms with Crippen molar-refractivity contribution in [2.75, 3.05) is 6.61 Å². The van der Waals surface area contributed by atoms with E-state index < -0.39 is 18.2 Å². The van der Waals surface area contributed by atoms with Crippen LogP contribution in [0.2, 0.25) is 0 Å². The van der Waals surface area contributed by atoms with Crippen molar-refractivity contribution in [2.24, 2.45) is 0 Å². The van der Waals surface area contributed by atoms with Gasteiger partial charge in [0.15, 0.2) is 0 Å². The molecule has 0 heterocycles. The van der Waals surface area contributed by atoms with E-state index in [1.165, 1.54) is 276 Å². The van der Waals surface area contributed by atoms with Crippen LogP contribution >= 0.6 is 0 Å². The minimum Gasteiger partial charge on any atom is -0.394 e. The molecule has 0 aromatic heterocycles. The maximum Gasteiger partial charge on any atom is 0.222 e. The van der Waals surface area contributed by atoms with Crippen molar-refractivity contribution in [3.63, 3.8) is 0 Å². The van der Waals surface area contributed by atoms with Gasteiger partial charge in [-0.25, -0.2) is 0 Å². The lowest BCUT2D eigenvalue weighted by Gasteiger charge is -2.21. The minimum absolute atomic E-state index is 0.0195. The highest BCUT2D eigenvalue weighted by Gasteiger charge is 2.20. The molecule has 0 radical (unpaired) electrons. The molecule has 0 saturated carbocycles. The van der Waals surface area contributed by atoms with Gasteiger partial charge in [-0.2, -0.15) is 0 Å². The van der Waals surface area contributed by atoms with Crippen LogP contribution in [0.4, 0.5) is 0 Å². The zero-order valence-electron chi connectivity index (χ0n) is 43.0.